The Morgan fingerprint density at radius 3 is 2.38 bits per heavy atom. The minimum atomic E-state index is -0.874. The van der Waals surface area contributed by atoms with Gasteiger partial charge in [0.2, 0.25) is 0 Å². The molecule has 0 aliphatic heterocycles. The third kappa shape index (κ3) is 7.29. The molecular formula is C15H21FN2O3. The molecule has 0 aliphatic carbocycles. The Kier molecular flexibility index (Phi) is 6.65. The van der Waals surface area contributed by atoms with E-state index in [1.807, 2.05) is 13.8 Å². The second kappa shape index (κ2) is 8.24. The number of carbonyl (C=O) groups excluding carboxylic acids is 1. The fourth-order valence-electron chi connectivity index (χ4n) is 2.10. The number of carboxylic acid groups (broad SMARTS) is 1. The third-order valence-electron chi connectivity index (χ3n) is 2.92. The molecule has 0 spiro atoms. The number of halogens is 1. The Morgan fingerprint density at radius 1 is 1.24 bits per heavy atom. The lowest BCUT2D eigenvalue weighted by molar-refractivity contribution is -0.138. The van der Waals surface area contributed by atoms with E-state index in [1.54, 1.807) is 0 Å². The van der Waals surface area contributed by atoms with Crippen molar-refractivity contribution in [2.24, 2.45) is 11.8 Å². The van der Waals surface area contributed by atoms with Gasteiger partial charge in [-0.1, -0.05) is 13.8 Å². The first-order chi connectivity index (χ1) is 9.86. The van der Waals surface area contributed by atoms with E-state index in [4.69, 9.17) is 5.11 Å². The third-order valence-corrected chi connectivity index (χ3v) is 2.92. The van der Waals surface area contributed by atoms with Crippen LogP contribution in [0.15, 0.2) is 24.3 Å². The second-order valence-corrected chi connectivity index (χ2v) is 5.44. The first kappa shape index (κ1) is 16.9. The fourth-order valence-corrected chi connectivity index (χ4v) is 2.10. The topological polar surface area (TPSA) is 78.4 Å². The van der Waals surface area contributed by atoms with Crippen LogP contribution in [0.25, 0.3) is 0 Å². The summed E-state index contributed by atoms with van der Waals surface area (Å²) in [7, 11) is 0. The summed E-state index contributed by atoms with van der Waals surface area (Å²) in [4.78, 5) is 22.5. The van der Waals surface area contributed by atoms with Crippen LogP contribution in [-0.4, -0.2) is 23.7 Å². The largest absolute Gasteiger partial charge is 0.481 e. The molecule has 1 atom stereocenters. The number of carboxylic acids is 1. The van der Waals surface area contributed by atoms with Gasteiger partial charge in [0.15, 0.2) is 0 Å². The number of aliphatic carboxylic acids is 1. The Morgan fingerprint density at radius 2 is 1.86 bits per heavy atom. The van der Waals surface area contributed by atoms with Gasteiger partial charge in [0, 0.05) is 18.7 Å². The van der Waals surface area contributed by atoms with Gasteiger partial charge in [0.05, 0.1) is 0 Å². The first-order valence-corrected chi connectivity index (χ1v) is 6.89. The van der Waals surface area contributed by atoms with Gasteiger partial charge in [0.1, 0.15) is 5.82 Å². The van der Waals surface area contributed by atoms with E-state index in [0.29, 0.717) is 11.6 Å². The van der Waals surface area contributed by atoms with Crippen LogP contribution >= 0.6 is 0 Å². The lowest BCUT2D eigenvalue weighted by atomic mass is 9.94. The van der Waals surface area contributed by atoms with Crippen molar-refractivity contribution in [2.75, 3.05) is 11.9 Å². The minimum absolute atomic E-state index is 0.0228. The van der Waals surface area contributed by atoms with Gasteiger partial charge in [-0.05, 0) is 42.5 Å². The summed E-state index contributed by atoms with van der Waals surface area (Å²) in [6.07, 6.45) is 0.748. The van der Waals surface area contributed by atoms with E-state index in [1.165, 1.54) is 24.3 Å². The van der Waals surface area contributed by atoms with E-state index < -0.39 is 12.0 Å². The van der Waals surface area contributed by atoms with Crippen molar-refractivity contribution in [1.82, 2.24) is 5.32 Å². The van der Waals surface area contributed by atoms with Crippen molar-refractivity contribution in [3.63, 3.8) is 0 Å². The zero-order chi connectivity index (χ0) is 15.8. The van der Waals surface area contributed by atoms with Gasteiger partial charge in [-0.2, -0.15) is 0 Å². The summed E-state index contributed by atoms with van der Waals surface area (Å²) < 4.78 is 12.7. The molecule has 1 unspecified atom stereocenters. The Bertz CT molecular complexity index is 474. The van der Waals surface area contributed by atoms with Gasteiger partial charge in [-0.25, -0.2) is 9.18 Å². The molecule has 0 fully saturated rings. The van der Waals surface area contributed by atoms with E-state index in [2.05, 4.69) is 10.6 Å². The maximum atomic E-state index is 12.7. The highest BCUT2D eigenvalue weighted by Gasteiger charge is 2.16. The molecule has 0 saturated carbocycles. The summed E-state index contributed by atoms with van der Waals surface area (Å²) in [6, 6.07) is 4.99. The molecule has 0 aromatic heterocycles. The summed E-state index contributed by atoms with van der Waals surface area (Å²) in [6.45, 7) is 4.30. The van der Waals surface area contributed by atoms with Crippen LogP contribution < -0.4 is 10.6 Å². The van der Waals surface area contributed by atoms with Crippen LogP contribution in [0.3, 0.4) is 0 Å². The molecule has 5 nitrogen and oxygen atoms in total. The van der Waals surface area contributed by atoms with E-state index in [-0.39, 0.29) is 24.7 Å². The lowest BCUT2D eigenvalue weighted by Gasteiger charge is -2.18. The van der Waals surface area contributed by atoms with Gasteiger partial charge in [-0.3, -0.25) is 4.79 Å². The van der Waals surface area contributed by atoms with Crippen molar-refractivity contribution in [1.29, 1.82) is 0 Å². The molecule has 0 bridgehead atoms. The van der Waals surface area contributed by atoms with Crippen molar-refractivity contribution in [3.05, 3.63) is 30.1 Å². The molecule has 116 valence electrons. The van der Waals surface area contributed by atoms with Crippen LogP contribution in [0.4, 0.5) is 14.9 Å². The van der Waals surface area contributed by atoms with Crippen molar-refractivity contribution >= 4 is 17.7 Å². The summed E-state index contributed by atoms with van der Waals surface area (Å²) in [5, 5.41) is 14.1. The second-order valence-electron chi connectivity index (χ2n) is 5.44. The smallest absolute Gasteiger partial charge is 0.319 e. The normalized spacial score (nSPS) is 12.0. The average Bonchev–Trinajstić information content (AvgIpc) is 2.37. The van der Waals surface area contributed by atoms with Crippen LogP contribution in [-0.2, 0) is 4.79 Å². The maximum Gasteiger partial charge on any atom is 0.319 e. The van der Waals surface area contributed by atoms with Crippen LogP contribution in [0.1, 0.15) is 26.7 Å². The number of hydrogen-bond acceptors (Lipinski definition) is 2. The standard InChI is InChI=1S/C15H21FN2O3/c1-10(2)7-11(8-14(19)20)9-17-15(21)18-13-5-3-12(16)4-6-13/h3-6,10-11H,7-9H2,1-2H3,(H,19,20)(H2,17,18,21). The number of rotatable bonds is 7. The summed E-state index contributed by atoms with van der Waals surface area (Å²) in [5.74, 6) is -1.00. The molecule has 0 heterocycles. The predicted molar refractivity (Wildman–Crippen MR) is 78.6 cm³/mol. The van der Waals surface area contributed by atoms with E-state index in [0.717, 1.165) is 6.42 Å². The molecule has 1 rings (SSSR count). The monoisotopic (exact) mass is 296 g/mol. The minimum Gasteiger partial charge on any atom is -0.481 e. The number of anilines is 1. The Labute approximate surface area is 123 Å². The predicted octanol–water partition coefficient (Wildman–Crippen LogP) is 3.08. The number of urea groups is 1. The SMILES string of the molecule is CC(C)CC(CNC(=O)Nc1ccc(F)cc1)CC(=O)O. The molecule has 1 aromatic rings. The molecule has 0 aliphatic rings. The molecule has 21 heavy (non-hydrogen) atoms. The van der Waals surface area contributed by atoms with Gasteiger partial charge in [0.25, 0.3) is 0 Å². The number of benzene rings is 1. The number of carbonyl (C=O) groups is 2. The van der Waals surface area contributed by atoms with Gasteiger partial charge >= 0.3 is 12.0 Å². The molecule has 2 amide bonds. The number of amides is 2. The fraction of sp³-hybridized carbons (Fsp3) is 0.467. The quantitative estimate of drug-likeness (QED) is 0.723. The Balaban J connectivity index is 2.44. The van der Waals surface area contributed by atoms with Gasteiger partial charge < -0.3 is 15.7 Å². The molecule has 1 aromatic carbocycles. The van der Waals surface area contributed by atoms with Crippen LogP contribution in [0, 0.1) is 17.7 Å². The highest BCUT2D eigenvalue weighted by atomic mass is 19.1. The van der Waals surface area contributed by atoms with E-state index >= 15 is 0 Å². The number of hydrogen-bond donors (Lipinski definition) is 3. The lowest BCUT2D eigenvalue weighted by Crippen LogP contribution is -2.34. The van der Waals surface area contributed by atoms with E-state index in [9.17, 15) is 14.0 Å². The molecule has 3 N–H and O–H groups in total. The average molecular weight is 296 g/mol. The summed E-state index contributed by atoms with van der Waals surface area (Å²) in [5.41, 5.74) is 0.479. The maximum absolute atomic E-state index is 12.7. The number of nitrogens with one attached hydrogen (secondary N) is 2. The molecule has 6 heteroatoms. The van der Waals surface area contributed by atoms with Crippen molar-refractivity contribution in [2.45, 2.75) is 26.7 Å². The molecule has 0 radical (unpaired) electrons. The van der Waals surface area contributed by atoms with Crippen LogP contribution in [0.2, 0.25) is 0 Å². The van der Waals surface area contributed by atoms with Crippen molar-refractivity contribution in [3.8, 4) is 0 Å². The Hall–Kier alpha value is -2.11. The van der Waals surface area contributed by atoms with Crippen LogP contribution in [0.5, 0.6) is 0 Å². The highest BCUT2D eigenvalue weighted by Crippen LogP contribution is 2.15. The molecular weight excluding hydrogens is 275 g/mol. The molecule has 0 saturated heterocycles. The highest BCUT2D eigenvalue weighted by molar-refractivity contribution is 5.89. The van der Waals surface area contributed by atoms with Gasteiger partial charge in [-0.15, -0.1) is 0 Å². The first-order valence-electron chi connectivity index (χ1n) is 6.89. The zero-order valence-electron chi connectivity index (χ0n) is 12.2. The zero-order valence-corrected chi connectivity index (χ0v) is 12.2. The summed E-state index contributed by atoms with van der Waals surface area (Å²) >= 11 is 0. The van der Waals surface area contributed by atoms with Crippen molar-refractivity contribution < 1.29 is 19.1 Å².